The van der Waals surface area contributed by atoms with Crippen LogP contribution in [-0.4, -0.2) is 49.4 Å². The average molecular weight is 413 g/mol. The smallest absolute Gasteiger partial charge is 0.130 e. The van der Waals surface area contributed by atoms with Crippen molar-refractivity contribution in [3.8, 4) is 11.4 Å². The number of imidazole rings is 1. The molecular formula is C23H24N8. The minimum Gasteiger partial charge on any atom is -0.367 e. The van der Waals surface area contributed by atoms with Crippen LogP contribution in [0.5, 0.6) is 0 Å². The van der Waals surface area contributed by atoms with Crippen molar-refractivity contribution >= 4 is 23.1 Å². The van der Waals surface area contributed by atoms with Crippen molar-refractivity contribution in [1.29, 1.82) is 5.41 Å². The lowest BCUT2D eigenvalue weighted by Crippen LogP contribution is -2.35. The molecule has 8 nitrogen and oxygen atoms in total. The molecule has 156 valence electrons. The summed E-state index contributed by atoms with van der Waals surface area (Å²) in [6, 6.07) is 12.2. The first kappa shape index (κ1) is 19.2. The summed E-state index contributed by atoms with van der Waals surface area (Å²) in [5, 5.41) is 19.6. The summed E-state index contributed by atoms with van der Waals surface area (Å²) in [5.41, 5.74) is 3.74. The first-order valence-corrected chi connectivity index (χ1v) is 10.5. The van der Waals surface area contributed by atoms with Crippen LogP contribution in [-0.2, 0) is 0 Å². The lowest BCUT2D eigenvalue weighted by molar-refractivity contribution is 0.478. The molecule has 31 heavy (non-hydrogen) atoms. The molecule has 0 radical (unpaired) electrons. The van der Waals surface area contributed by atoms with E-state index in [1.54, 1.807) is 29.1 Å². The third kappa shape index (κ3) is 4.24. The highest BCUT2D eigenvalue weighted by atomic mass is 15.2. The SMILES string of the molecule is N=C(/C=C\c1ncc(-c2cccc(NC3CCNCC3)n2)[nH]1)c1cnn2ccccc12. The number of pyridine rings is 2. The number of allylic oxidation sites excluding steroid dienone is 1. The van der Waals surface area contributed by atoms with Crippen molar-refractivity contribution < 1.29 is 0 Å². The van der Waals surface area contributed by atoms with Crippen molar-refractivity contribution in [2.75, 3.05) is 18.4 Å². The molecule has 0 bridgehead atoms. The van der Waals surface area contributed by atoms with Gasteiger partial charge < -0.3 is 21.0 Å². The molecule has 4 aromatic heterocycles. The van der Waals surface area contributed by atoms with E-state index in [-0.39, 0.29) is 0 Å². The van der Waals surface area contributed by atoms with E-state index in [1.807, 2.05) is 42.6 Å². The third-order valence-corrected chi connectivity index (χ3v) is 5.44. The number of H-pyrrole nitrogens is 1. The number of aromatic amines is 1. The van der Waals surface area contributed by atoms with E-state index in [2.05, 4.69) is 25.7 Å². The zero-order valence-corrected chi connectivity index (χ0v) is 17.0. The van der Waals surface area contributed by atoms with Crippen molar-refractivity contribution in [3.63, 3.8) is 0 Å². The normalized spacial score (nSPS) is 15.0. The fourth-order valence-electron chi connectivity index (χ4n) is 3.79. The van der Waals surface area contributed by atoms with Gasteiger partial charge in [0.2, 0.25) is 0 Å². The van der Waals surface area contributed by atoms with Gasteiger partial charge in [-0.2, -0.15) is 5.10 Å². The van der Waals surface area contributed by atoms with Crippen LogP contribution in [0, 0.1) is 5.41 Å². The Morgan fingerprint density at radius 3 is 2.94 bits per heavy atom. The summed E-state index contributed by atoms with van der Waals surface area (Å²) >= 11 is 0. The Morgan fingerprint density at radius 2 is 2.03 bits per heavy atom. The van der Waals surface area contributed by atoms with Crippen LogP contribution in [0.15, 0.2) is 61.1 Å². The zero-order chi connectivity index (χ0) is 21.0. The highest BCUT2D eigenvalue weighted by Crippen LogP contribution is 2.19. The number of aromatic nitrogens is 5. The predicted molar refractivity (Wildman–Crippen MR) is 122 cm³/mol. The number of fused-ring (bicyclic) bond motifs is 1. The van der Waals surface area contributed by atoms with Gasteiger partial charge in [-0.1, -0.05) is 12.1 Å². The van der Waals surface area contributed by atoms with E-state index in [4.69, 9.17) is 10.4 Å². The van der Waals surface area contributed by atoms with E-state index in [1.165, 1.54) is 0 Å². The van der Waals surface area contributed by atoms with Gasteiger partial charge >= 0.3 is 0 Å². The van der Waals surface area contributed by atoms with E-state index in [0.29, 0.717) is 17.6 Å². The number of rotatable bonds is 6. The van der Waals surface area contributed by atoms with Gasteiger partial charge in [0.05, 0.1) is 35.0 Å². The molecule has 1 aliphatic heterocycles. The second kappa shape index (κ2) is 8.53. The second-order valence-electron chi connectivity index (χ2n) is 7.59. The molecule has 0 atom stereocenters. The largest absolute Gasteiger partial charge is 0.367 e. The first-order chi connectivity index (χ1) is 15.3. The van der Waals surface area contributed by atoms with Gasteiger partial charge in [-0.05, 0) is 62.3 Å². The van der Waals surface area contributed by atoms with Crippen LogP contribution in [0.1, 0.15) is 24.2 Å². The Kier molecular flexibility index (Phi) is 5.28. The monoisotopic (exact) mass is 412 g/mol. The van der Waals surface area contributed by atoms with Gasteiger partial charge in [-0.3, -0.25) is 0 Å². The molecule has 5 rings (SSSR count). The molecule has 0 aromatic carbocycles. The summed E-state index contributed by atoms with van der Waals surface area (Å²) < 4.78 is 1.76. The molecule has 0 amide bonds. The molecule has 0 unspecified atom stereocenters. The Balaban J connectivity index is 1.29. The molecule has 0 spiro atoms. The Bertz CT molecular complexity index is 1230. The van der Waals surface area contributed by atoms with Gasteiger partial charge in [0.1, 0.15) is 11.6 Å². The highest BCUT2D eigenvalue weighted by Gasteiger charge is 2.13. The Labute approximate surface area is 180 Å². The maximum atomic E-state index is 8.39. The Morgan fingerprint density at radius 1 is 1.13 bits per heavy atom. The fourth-order valence-corrected chi connectivity index (χ4v) is 3.79. The standard InChI is InChI=1S/C23H24N8/c24-18(17-14-27-31-13-2-1-5-21(17)31)7-8-22-26-15-20(30-22)19-4-3-6-23(29-19)28-16-9-11-25-12-10-16/h1-8,13-16,24-25H,9-12H2,(H,26,30)(H,28,29)/b8-7-,24-18?. The second-order valence-corrected chi connectivity index (χ2v) is 7.59. The average Bonchev–Trinajstić information content (AvgIpc) is 3.46. The number of nitrogens with zero attached hydrogens (tertiary/aromatic N) is 4. The number of hydrogen-bond acceptors (Lipinski definition) is 6. The molecule has 1 aliphatic rings. The maximum absolute atomic E-state index is 8.39. The molecule has 0 aliphatic carbocycles. The van der Waals surface area contributed by atoms with Crippen LogP contribution in [0.25, 0.3) is 23.0 Å². The first-order valence-electron chi connectivity index (χ1n) is 10.5. The van der Waals surface area contributed by atoms with Gasteiger partial charge in [0, 0.05) is 17.8 Å². The van der Waals surface area contributed by atoms with E-state index in [0.717, 1.165) is 54.2 Å². The number of hydrogen-bond donors (Lipinski definition) is 4. The minimum atomic E-state index is 0.380. The van der Waals surface area contributed by atoms with Crippen molar-refractivity contribution in [1.82, 2.24) is 29.9 Å². The molecule has 4 N–H and O–H groups in total. The van der Waals surface area contributed by atoms with Gasteiger partial charge in [-0.25, -0.2) is 14.5 Å². The van der Waals surface area contributed by atoms with Gasteiger partial charge in [0.15, 0.2) is 0 Å². The van der Waals surface area contributed by atoms with E-state index in [9.17, 15) is 0 Å². The minimum absolute atomic E-state index is 0.380. The summed E-state index contributed by atoms with van der Waals surface area (Å²) in [5.74, 6) is 1.56. The van der Waals surface area contributed by atoms with Gasteiger partial charge in [0.25, 0.3) is 0 Å². The number of nitrogens with one attached hydrogen (secondary N) is 4. The molecule has 0 saturated carbocycles. The zero-order valence-electron chi connectivity index (χ0n) is 17.0. The molecule has 1 fully saturated rings. The van der Waals surface area contributed by atoms with Crippen molar-refractivity contribution in [2.45, 2.75) is 18.9 Å². The van der Waals surface area contributed by atoms with Crippen LogP contribution < -0.4 is 10.6 Å². The maximum Gasteiger partial charge on any atom is 0.130 e. The quantitative estimate of drug-likeness (QED) is 0.363. The van der Waals surface area contributed by atoms with Crippen LogP contribution in [0.2, 0.25) is 0 Å². The molecule has 8 heteroatoms. The number of anilines is 1. The highest BCUT2D eigenvalue weighted by molar-refractivity contribution is 6.12. The third-order valence-electron chi connectivity index (χ3n) is 5.44. The molecule has 4 aromatic rings. The number of piperidine rings is 1. The van der Waals surface area contributed by atoms with E-state index < -0.39 is 0 Å². The summed E-state index contributed by atoms with van der Waals surface area (Å²) in [7, 11) is 0. The van der Waals surface area contributed by atoms with Crippen LogP contribution >= 0.6 is 0 Å². The van der Waals surface area contributed by atoms with Gasteiger partial charge in [-0.15, -0.1) is 0 Å². The van der Waals surface area contributed by atoms with E-state index >= 15 is 0 Å². The topological polar surface area (TPSA) is 107 Å². The Hall–Kier alpha value is -3.78. The molecule has 1 saturated heterocycles. The van der Waals surface area contributed by atoms with Crippen LogP contribution in [0.3, 0.4) is 0 Å². The molecule has 5 heterocycles. The summed E-state index contributed by atoms with van der Waals surface area (Å²) in [6.07, 6.45) is 11.1. The molecular weight excluding hydrogens is 388 g/mol. The van der Waals surface area contributed by atoms with Crippen molar-refractivity contribution in [3.05, 3.63) is 72.5 Å². The van der Waals surface area contributed by atoms with Crippen LogP contribution in [0.4, 0.5) is 5.82 Å². The van der Waals surface area contributed by atoms with Crippen molar-refractivity contribution in [2.24, 2.45) is 0 Å². The lowest BCUT2D eigenvalue weighted by atomic mass is 10.1. The lowest BCUT2D eigenvalue weighted by Gasteiger charge is -2.24. The summed E-state index contributed by atoms with van der Waals surface area (Å²) in [6.45, 7) is 2.08. The summed E-state index contributed by atoms with van der Waals surface area (Å²) in [4.78, 5) is 12.4. The predicted octanol–water partition coefficient (Wildman–Crippen LogP) is 3.36. The fraction of sp³-hybridized carbons (Fsp3) is 0.217.